The van der Waals surface area contributed by atoms with Crippen LogP contribution in [0, 0.1) is 0 Å². The molecule has 0 radical (unpaired) electrons. The Morgan fingerprint density at radius 3 is 2.58 bits per heavy atom. The minimum Gasteiger partial charge on any atom is -0.480 e. The molecular formula is C17H16F3N3O3. The average Bonchev–Trinajstić information content (AvgIpc) is 3.09. The Hall–Kier alpha value is -2.84. The minimum absolute atomic E-state index is 0.00436. The number of hydrogen-bond donors (Lipinski definition) is 0. The van der Waals surface area contributed by atoms with Crippen LogP contribution in [-0.4, -0.2) is 47.3 Å². The van der Waals surface area contributed by atoms with Crippen molar-refractivity contribution in [2.45, 2.75) is 18.7 Å². The van der Waals surface area contributed by atoms with Gasteiger partial charge >= 0.3 is 6.18 Å². The largest absolute Gasteiger partial charge is 0.480 e. The molecule has 1 fully saturated rings. The van der Waals surface area contributed by atoms with E-state index in [0.29, 0.717) is 24.7 Å². The fraction of sp³-hybridized carbons (Fsp3) is 0.353. The van der Waals surface area contributed by atoms with Crippen molar-refractivity contribution in [3.63, 3.8) is 0 Å². The molecule has 1 aliphatic rings. The van der Waals surface area contributed by atoms with Gasteiger partial charge in [-0.2, -0.15) is 13.2 Å². The predicted octanol–water partition coefficient (Wildman–Crippen LogP) is 2.80. The first-order chi connectivity index (χ1) is 12.4. The first-order valence-corrected chi connectivity index (χ1v) is 7.88. The Balaban J connectivity index is 1.63. The molecule has 138 valence electrons. The lowest BCUT2D eigenvalue weighted by Gasteiger charge is -2.17. The molecule has 0 aliphatic carbocycles. The van der Waals surface area contributed by atoms with Gasteiger partial charge in [0, 0.05) is 30.7 Å². The number of halogens is 3. The standard InChI is InChI=1S/C17H16F3N3O3/c1-25-14-5-6-15(22-21-14)26-13-7-8-23(10-13)16(24)11-3-2-4-12(9-11)17(18,19)20/h2-6,9,13H,7-8,10H2,1H3. The van der Waals surface area contributed by atoms with Crippen LogP contribution in [0.2, 0.25) is 0 Å². The molecule has 0 N–H and O–H groups in total. The molecule has 1 amide bonds. The number of rotatable bonds is 4. The van der Waals surface area contributed by atoms with E-state index in [2.05, 4.69) is 10.2 Å². The number of methoxy groups -OCH3 is 1. The van der Waals surface area contributed by atoms with Crippen LogP contribution in [-0.2, 0) is 6.18 Å². The highest BCUT2D eigenvalue weighted by atomic mass is 19.4. The Morgan fingerprint density at radius 1 is 1.19 bits per heavy atom. The highest BCUT2D eigenvalue weighted by molar-refractivity contribution is 5.94. The van der Waals surface area contributed by atoms with Gasteiger partial charge in [0.1, 0.15) is 6.10 Å². The molecule has 3 rings (SSSR count). The van der Waals surface area contributed by atoms with Crippen molar-refractivity contribution in [1.82, 2.24) is 15.1 Å². The molecule has 2 heterocycles. The smallest absolute Gasteiger partial charge is 0.416 e. The lowest BCUT2D eigenvalue weighted by Crippen LogP contribution is -2.31. The molecule has 0 bridgehead atoms. The quantitative estimate of drug-likeness (QED) is 0.832. The van der Waals surface area contributed by atoms with E-state index in [4.69, 9.17) is 9.47 Å². The summed E-state index contributed by atoms with van der Waals surface area (Å²) in [7, 11) is 1.47. The first kappa shape index (κ1) is 18.0. The van der Waals surface area contributed by atoms with Crippen LogP contribution in [0.5, 0.6) is 11.8 Å². The second-order valence-corrected chi connectivity index (χ2v) is 5.77. The van der Waals surface area contributed by atoms with E-state index in [-0.39, 0.29) is 18.2 Å². The normalized spacial score (nSPS) is 17.2. The number of benzene rings is 1. The maximum atomic E-state index is 12.8. The van der Waals surface area contributed by atoms with Crippen LogP contribution in [0.25, 0.3) is 0 Å². The van der Waals surface area contributed by atoms with Gasteiger partial charge in [-0.1, -0.05) is 6.07 Å². The van der Waals surface area contributed by atoms with E-state index in [1.807, 2.05) is 0 Å². The number of aromatic nitrogens is 2. The summed E-state index contributed by atoms with van der Waals surface area (Å²) in [5, 5.41) is 7.64. The zero-order valence-corrected chi connectivity index (χ0v) is 13.9. The average molecular weight is 367 g/mol. The van der Waals surface area contributed by atoms with E-state index in [1.165, 1.54) is 24.1 Å². The second-order valence-electron chi connectivity index (χ2n) is 5.77. The zero-order valence-electron chi connectivity index (χ0n) is 13.9. The third kappa shape index (κ3) is 4.04. The molecule has 9 heteroatoms. The number of ether oxygens (including phenoxy) is 2. The van der Waals surface area contributed by atoms with Crippen molar-refractivity contribution in [1.29, 1.82) is 0 Å². The van der Waals surface area contributed by atoms with E-state index >= 15 is 0 Å². The molecule has 1 aromatic heterocycles. The topological polar surface area (TPSA) is 64.6 Å². The van der Waals surface area contributed by atoms with Crippen LogP contribution in [0.15, 0.2) is 36.4 Å². The third-order valence-electron chi connectivity index (χ3n) is 3.98. The summed E-state index contributed by atoms with van der Waals surface area (Å²) in [6.45, 7) is 0.659. The fourth-order valence-corrected chi connectivity index (χ4v) is 2.67. The Labute approximate surface area is 147 Å². The highest BCUT2D eigenvalue weighted by Crippen LogP contribution is 2.30. The Kier molecular flexibility index (Phi) is 4.97. The number of likely N-dealkylation sites (tertiary alicyclic amines) is 1. The lowest BCUT2D eigenvalue weighted by molar-refractivity contribution is -0.137. The van der Waals surface area contributed by atoms with Gasteiger partial charge in [-0.05, 0) is 18.2 Å². The number of carbonyl (C=O) groups excluding carboxylic acids is 1. The summed E-state index contributed by atoms with van der Waals surface area (Å²) < 4.78 is 49.0. The summed E-state index contributed by atoms with van der Waals surface area (Å²) in [4.78, 5) is 13.9. The van der Waals surface area contributed by atoms with E-state index in [9.17, 15) is 18.0 Å². The minimum atomic E-state index is -4.49. The van der Waals surface area contributed by atoms with Crippen molar-refractivity contribution in [2.75, 3.05) is 20.2 Å². The highest BCUT2D eigenvalue weighted by Gasteiger charge is 2.33. The van der Waals surface area contributed by atoms with Gasteiger partial charge in [0.05, 0.1) is 19.2 Å². The van der Waals surface area contributed by atoms with Crippen molar-refractivity contribution in [3.05, 3.63) is 47.5 Å². The molecule has 1 aliphatic heterocycles. The first-order valence-electron chi connectivity index (χ1n) is 7.88. The monoisotopic (exact) mass is 367 g/mol. The Morgan fingerprint density at radius 2 is 1.92 bits per heavy atom. The number of alkyl halides is 3. The summed E-state index contributed by atoms with van der Waals surface area (Å²) >= 11 is 0. The van der Waals surface area contributed by atoms with Crippen molar-refractivity contribution < 1.29 is 27.4 Å². The van der Waals surface area contributed by atoms with Gasteiger partial charge in [-0.15, -0.1) is 10.2 Å². The second kappa shape index (κ2) is 7.19. The van der Waals surface area contributed by atoms with E-state index in [1.54, 1.807) is 12.1 Å². The number of nitrogens with zero attached hydrogens (tertiary/aromatic N) is 3. The summed E-state index contributed by atoms with van der Waals surface area (Å²) in [6, 6.07) is 7.61. The SMILES string of the molecule is COc1ccc(OC2CCN(C(=O)c3cccc(C(F)(F)F)c3)C2)nn1. The van der Waals surface area contributed by atoms with Crippen molar-refractivity contribution >= 4 is 5.91 Å². The van der Waals surface area contributed by atoms with Gasteiger partial charge in [0.2, 0.25) is 11.8 Å². The molecular weight excluding hydrogens is 351 g/mol. The van der Waals surface area contributed by atoms with E-state index in [0.717, 1.165) is 12.1 Å². The molecule has 1 aromatic carbocycles. The van der Waals surface area contributed by atoms with E-state index < -0.39 is 17.6 Å². The zero-order chi connectivity index (χ0) is 18.7. The van der Waals surface area contributed by atoms with Gasteiger partial charge < -0.3 is 14.4 Å². The van der Waals surface area contributed by atoms with Gasteiger partial charge in [0.15, 0.2) is 0 Å². The van der Waals surface area contributed by atoms with Crippen LogP contribution < -0.4 is 9.47 Å². The maximum Gasteiger partial charge on any atom is 0.416 e. The molecule has 26 heavy (non-hydrogen) atoms. The molecule has 1 saturated heterocycles. The van der Waals surface area contributed by atoms with Gasteiger partial charge in [0.25, 0.3) is 5.91 Å². The summed E-state index contributed by atoms with van der Waals surface area (Å²) in [5.41, 5.74) is -0.839. The maximum absolute atomic E-state index is 12.8. The fourth-order valence-electron chi connectivity index (χ4n) is 2.67. The van der Waals surface area contributed by atoms with Crippen LogP contribution in [0.4, 0.5) is 13.2 Å². The predicted molar refractivity (Wildman–Crippen MR) is 85.0 cm³/mol. The summed E-state index contributed by atoms with van der Waals surface area (Å²) in [5.74, 6) is 0.192. The molecule has 0 spiro atoms. The number of amides is 1. The molecule has 1 atom stereocenters. The lowest BCUT2D eigenvalue weighted by atomic mass is 10.1. The van der Waals surface area contributed by atoms with Gasteiger partial charge in [-0.25, -0.2) is 0 Å². The molecule has 0 saturated carbocycles. The van der Waals surface area contributed by atoms with Crippen molar-refractivity contribution in [3.8, 4) is 11.8 Å². The number of carbonyl (C=O) groups is 1. The molecule has 6 nitrogen and oxygen atoms in total. The van der Waals surface area contributed by atoms with Crippen LogP contribution in [0.3, 0.4) is 0 Å². The molecule has 1 unspecified atom stereocenters. The van der Waals surface area contributed by atoms with Crippen LogP contribution in [0.1, 0.15) is 22.3 Å². The van der Waals surface area contributed by atoms with Gasteiger partial charge in [-0.3, -0.25) is 4.79 Å². The molecule has 2 aromatic rings. The van der Waals surface area contributed by atoms with Crippen LogP contribution >= 0.6 is 0 Å². The number of hydrogen-bond acceptors (Lipinski definition) is 5. The van der Waals surface area contributed by atoms with Crippen molar-refractivity contribution in [2.24, 2.45) is 0 Å². The third-order valence-corrected chi connectivity index (χ3v) is 3.98. The Bertz CT molecular complexity index is 781. The summed E-state index contributed by atoms with van der Waals surface area (Å²) in [6.07, 6.45) is -4.23.